The number of nitrogens with zero attached hydrogens (tertiary/aromatic N) is 3. The highest BCUT2D eigenvalue weighted by molar-refractivity contribution is 7.22. The van der Waals surface area contributed by atoms with Gasteiger partial charge in [-0.3, -0.25) is 9.36 Å². The number of carbonyl (C=O) groups is 1. The standard InChI is InChI=1S/C26H29N3O6S/c1-15-18-21(31)29(26(5,6)23(32)35-25(2,3)4)24(33)28(14-17(30)16-10-8-7-9-11-16)22(18)36-19(15)20-27-12-13-34-20/h7-13,17,30H,14H2,1-6H3/t17-/m0/s1. The molecular weight excluding hydrogens is 482 g/mol. The number of fused-ring (bicyclic) bond motifs is 1. The third-order valence-electron chi connectivity index (χ3n) is 5.84. The molecule has 190 valence electrons. The maximum atomic E-state index is 13.9. The molecule has 0 aliphatic carbocycles. The number of oxazole rings is 1. The van der Waals surface area contributed by atoms with Crippen LogP contribution in [-0.2, 0) is 21.6 Å². The molecule has 1 N–H and O–H groups in total. The van der Waals surface area contributed by atoms with Crippen LogP contribution in [0.15, 0.2) is 56.8 Å². The van der Waals surface area contributed by atoms with Crippen molar-refractivity contribution in [1.29, 1.82) is 0 Å². The van der Waals surface area contributed by atoms with Crippen molar-refractivity contribution in [2.75, 3.05) is 0 Å². The van der Waals surface area contributed by atoms with Gasteiger partial charge in [0.25, 0.3) is 5.56 Å². The van der Waals surface area contributed by atoms with Crippen LogP contribution in [-0.4, -0.2) is 30.8 Å². The van der Waals surface area contributed by atoms with Crippen LogP contribution in [0.4, 0.5) is 0 Å². The summed E-state index contributed by atoms with van der Waals surface area (Å²) >= 11 is 1.18. The fraction of sp³-hybridized carbons (Fsp3) is 0.385. The van der Waals surface area contributed by atoms with Crippen molar-refractivity contribution in [3.63, 3.8) is 0 Å². The molecular formula is C26H29N3O6S. The summed E-state index contributed by atoms with van der Waals surface area (Å²) < 4.78 is 13.3. The van der Waals surface area contributed by atoms with Crippen molar-refractivity contribution >= 4 is 27.5 Å². The molecule has 0 unspecified atom stereocenters. The second-order valence-electron chi connectivity index (χ2n) is 10.1. The summed E-state index contributed by atoms with van der Waals surface area (Å²) in [6, 6.07) is 8.92. The molecule has 0 aliphatic heterocycles. The van der Waals surface area contributed by atoms with Gasteiger partial charge < -0.3 is 14.3 Å². The molecule has 0 spiro atoms. The van der Waals surface area contributed by atoms with Gasteiger partial charge in [-0.2, -0.15) is 0 Å². The zero-order chi connectivity index (χ0) is 26.4. The van der Waals surface area contributed by atoms with E-state index in [1.165, 1.54) is 42.2 Å². The van der Waals surface area contributed by atoms with Crippen LogP contribution in [0.25, 0.3) is 21.0 Å². The van der Waals surface area contributed by atoms with Gasteiger partial charge in [-0.1, -0.05) is 30.3 Å². The van der Waals surface area contributed by atoms with Crippen LogP contribution in [0, 0.1) is 6.92 Å². The van der Waals surface area contributed by atoms with Gasteiger partial charge in [0.1, 0.15) is 22.2 Å². The third-order valence-corrected chi connectivity index (χ3v) is 7.14. The first-order valence-electron chi connectivity index (χ1n) is 11.5. The van der Waals surface area contributed by atoms with Gasteiger partial charge >= 0.3 is 11.7 Å². The molecule has 9 nitrogen and oxygen atoms in total. The summed E-state index contributed by atoms with van der Waals surface area (Å²) in [6.07, 6.45) is 1.89. The molecule has 0 radical (unpaired) electrons. The average molecular weight is 512 g/mol. The zero-order valence-electron chi connectivity index (χ0n) is 21.1. The molecule has 3 aromatic heterocycles. The number of rotatable bonds is 6. The lowest BCUT2D eigenvalue weighted by atomic mass is 10.0. The van der Waals surface area contributed by atoms with E-state index >= 15 is 0 Å². The Labute approximate surface area is 211 Å². The molecule has 0 saturated heterocycles. The molecule has 36 heavy (non-hydrogen) atoms. The molecule has 0 saturated carbocycles. The van der Waals surface area contributed by atoms with Gasteiger partial charge in [0.2, 0.25) is 5.89 Å². The van der Waals surface area contributed by atoms with Gasteiger partial charge in [-0.15, -0.1) is 11.3 Å². The lowest BCUT2D eigenvalue weighted by Gasteiger charge is -2.30. The van der Waals surface area contributed by atoms with E-state index in [1.54, 1.807) is 52.0 Å². The van der Waals surface area contributed by atoms with Crippen LogP contribution >= 0.6 is 11.3 Å². The van der Waals surface area contributed by atoms with Gasteiger partial charge in [0.05, 0.1) is 29.1 Å². The van der Waals surface area contributed by atoms with Crippen LogP contribution in [0.5, 0.6) is 0 Å². The van der Waals surface area contributed by atoms with E-state index < -0.39 is 34.5 Å². The summed E-state index contributed by atoms with van der Waals surface area (Å²) in [5, 5.41) is 11.2. The number of hydrogen-bond acceptors (Lipinski definition) is 8. The number of thiophene rings is 1. The van der Waals surface area contributed by atoms with Crippen LogP contribution in [0.2, 0.25) is 0 Å². The predicted octanol–water partition coefficient (Wildman–Crippen LogP) is 4.00. The number of esters is 1. The van der Waals surface area contributed by atoms with Gasteiger partial charge in [-0.05, 0) is 52.7 Å². The molecule has 4 aromatic rings. The molecule has 3 heterocycles. The first-order valence-corrected chi connectivity index (χ1v) is 12.3. The fourth-order valence-electron chi connectivity index (χ4n) is 3.99. The second-order valence-corrected chi connectivity index (χ2v) is 11.1. The highest BCUT2D eigenvalue weighted by atomic mass is 32.1. The van der Waals surface area contributed by atoms with E-state index in [0.717, 1.165) is 4.57 Å². The lowest BCUT2D eigenvalue weighted by Crippen LogP contribution is -2.54. The number of ether oxygens (including phenoxy) is 1. The number of aromatic nitrogens is 3. The van der Waals surface area contributed by atoms with Crippen molar-refractivity contribution in [2.45, 2.75) is 65.3 Å². The Kier molecular flexibility index (Phi) is 6.52. The van der Waals surface area contributed by atoms with E-state index in [-0.39, 0.29) is 11.9 Å². The molecule has 0 aliphatic rings. The molecule has 0 fully saturated rings. The first-order chi connectivity index (χ1) is 16.8. The van der Waals surface area contributed by atoms with Crippen molar-refractivity contribution in [1.82, 2.24) is 14.1 Å². The summed E-state index contributed by atoms with van der Waals surface area (Å²) in [6.45, 7) is 9.71. The Hall–Kier alpha value is -3.50. The van der Waals surface area contributed by atoms with E-state index in [1.807, 2.05) is 6.07 Å². The van der Waals surface area contributed by atoms with Crippen molar-refractivity contribution in [3.05, 3.63) is 74.8 Å². The number of benzene rings is 1. The normalized spacial score (nSPS) is 13.2. The number of aliphatic hydroxyl groups excluding tert-OH is 1. The summed E-state index contributed by atoms with van der Waals surface area (Å²) in [5.41, 5.74) is -2.60. The fourth-order valence-corrected chi connectivity index (χ4v) is 5.23. The Morgan fingerprint density at radius 3 is 2.42 bits per heavy atom. The predicted molar refractivity (Wildman–Crippen MR) is 137 cm³/mol. The maximum absolute atomic E-state index is 13.9. The monoisotopic (exact) mass is 511 g/mol. The third kappa shape index (κ3) is 4.54. The number of carbonyl (C=O) groups excluding carboxylic acids is 1. The van der Waals surface area contributed by atoms with Crippen molar-refractivity contribution in [3.8, 4) is 10.8 Å². The smallest absolute Gasteiger partial charge is 0.333 e. The summed E-state index contributed by atoms with van der Waals surface area (Å²) in [7, 11) is 0. The van der Waals surface area contributed by atoms with E-state index in [9.17, 15) is 19.5 Å². The van der Waals surface area contributed by atoms with Crippen molar-refractivity contribution in [2.24, 2.45) is 0 Å². The largest absolute Gasteiger partial charge is 0.458 e. The number of aryl methyl sites for hydroxylation is 1. The van der Waals surface area contributed by atoms with E-state index in [4.69, 9.17) is 9.15 Å². The SMILES string of the molecule is Cc1c(-c2ncco2)sc2c1c(=O)n(C(C)(C)C(=O)OC(C)(C)C)c(=O)n2C[C@H](O)c1ccccc1. The Bertz CT molecular complexity index is 1520. The van der Waals surface area contributed by atoms with Gasteiger partial charge in [0.15, 0.2) is 0 Å². The highest BCUT2D eigenvalue weighted by Crippen LogP contribution is 2.36. The zero-order valence-corrected chi connectivity index (χ0v) is 21.9. The minimum absolute atomic E-state index is 0.130. The molecule has 1 aromatic carbocycles. The van der Waals surface area contributed by atoms with Gasteiger partial charge in [-0.25, -0.2) is 19.1 Å². The molecule has 4 rings (SSSR count). The van der Waals surface area contributed by atoms with Gasteiger partial charge in [0, 0.05) is 0 Å². The maximum Gasteiger partial charge on any atom is 0.333 e. The van der Waals surface area contributed by atoms with Crippen LogP contribution < -0.4 is 11.2 Å². The molecule has 1 atom stereocenters. The van der Waals surface area contributed by atoms with Crippen LogP contribution in [0.1, 0.15) is 51.8 Å². The Morgan fingerprint density at radius 1 is 1.17 bits per heavy atom. The summed E-state index contributed by atoms with van der Waals surface area (Å²) in [5.74, 6) is -0.404. The molecule has 0 bridgehead atoms. The first kappa shape index (κ1) is 25.6. The Morgan fingerprint density at radius 2 is 1.83 bits per heavy atom. The Balaban J connectivity index is 2.00. The highest BCUT2D eigenvalue weighted by Gasteiger charge is 2.39. The molecule has 10 heteroatoms. The minimum atomic E-state index is -1.62. The van der Waals surface area contributed by atoms with Crippen LogP contribution in [0.3, 0.4) is 0 Å². The minimum Gasteiger partial charge on any atom is -0.458 e. The summed E-state index contributed by atoms with van der Waals surface area (Å²) in [4.78, 5) is 46.0. The molecule has 0 amide bonds. The topological polar surface area (TPSA) is 117 Å². The van der Waals surface area contributed by atoms with Crippen molar-refractivity contribution < 1.29 is 19.1 Å². The average Bonchev–Trinajstić information content (AvgIpc) is 3.44. The van der Waals surface area contributed by atoms with E-state index in [0.29, 0.717) is 26.7 Å². The number of hydrogen-bond donors (Lipinski definition) is 1. The lowest BCUT2D eigenvalue weighted by molar-refractivity contribution is -0.164. The van der Waals surface area contributed by atoms with E-state index in [2.05, 4.69) is 4.98 Å². The quantitative estimate of drug-likeness (QED) is 0.389. The number of aliphatic hydroxyl groups is 1. The second kappa shape index (κ2) is 9.18.